The lowest BCUT2D eigenvalue weighted by Crippen LogP contribution is -2.62. The van der Waals surface area contributed by atoms with Crippen LogP contribution < -0.4 is 0 Å². The van der Waals surface area contributed by atoms with Crippen molar-refractivity contribution in [2.45, 2.75) is 76.2 Å². The van der Waals surface area contributed by atoms with Gasteiger partial charge in [0.15, 0.2) is 5.60 Å². The predicted octanol–water partition coefficient (Wildman–Crippen LogP) is 0.139. The quantitative estimate of drug-likeness (QED) is 0.527. The summed E-state index contributed by atoms with van der Waals surface area (Å²) in [5, 5.41) is 39.0. The predicted molar refractivity (Wildman–Crippen MR) is 80.8 cm³/mol. The van der Waals surface area contributed by atoms with Crippen molar-refractivity contribution in [1.29, 1.82) is 0 Å². The summed E-state index contributed by atoms with van der Waals surface area (Å²) in [7, 11) is 0. The molecule has 1 heterocycles. The molecule has 0 spiro atoms. The number of carbonyl (C=O) groups is 3. The first kappa shape index (κ1) is 20.3. The number of carboxylic acid groups (broad SMARTS) is 2. The Balaban J connectivity index is 2.92. The Hall–Kier alpha value is -1.71. The van der Waals surface area contributed by atoms with E-state index in [4.69, 9.17) is 15.1 Å². The topological polar surface area (TPSA) is 145 Å². The lowest BCUT2D eigenvalue weighted by atomic mass is 9.80. The van der Waals surface area contributed by atoms with Crippen LogP contribution in [0.2, 0.25) is 0 Å². The maximum atomic E-state index is 12.1. The summed E-state index contributed by atoms with van der Waals surface area (Å²) in [6, 6.07) is 0. The summed E-state index contributed by atoms with van der Waals surface area (Å²) in [4.78, 5) is 39.2. The van der Waals surface area contributed by atoms with E-state index in [1.807, 2.05) is 0 Å². The summed E-state index contributed by atoms with van der Waals surface area (Å²) in [6.07, 6.45) is -2.03. The van der Waals surface area contributed by atoms with Crippen LogP contribution in [0.4, 0.5) is 0 Å². The SMILES string of the molecule is CC1(C)CC(O)CC(C)(C)N1OC(=O)CC(O)(CC(=O)O)C(=O)O. The second-order valence-electron chi connectivity index (χ2n) is 7.53. The fraction of sp³-hybridized carbons (Fsp3) is 0.800. The molecule has 9 heteroatoms. The monoisotopic (exact) mass is 347 g/mol. The van der Waals surface area contributed by atoms with E-state index in [-0.39, 0.29) is 0 Å². The number of hydrogen-bond acceptors (Lipinski definition) is 7. The molecule has 1 aliphatic rings. The zero-order valence-corrected chi connectivity index (χ0v) is 14.3. The molecule has 0 aromatic carbocycles. The molecule has 1 aliphatic heterocycles. The van der Waals surface area contributed by atoms with Crippen molar-refractivity contribution in [3.05, 3.63) is 0 Å². The standard InChI is InChI=1S/C15H25NO8/c1-13(2)5-9(17)6-14(3,4)16(13)24-11(20)8-15(23,12(21)22)7-10(18)19/h9,17,23H,5-8H2,1-4H3,(H,18,19)(H,21,22). The molecule has 0 amide bonds. The van der Waals surface area contributed by atoms with E-state index in [1.54, 1.807) is 27.7 Å². The highest BCUT2D eigenvalue weighted by atomic mass is 16.7. The fourth-order valence-electron chi connectivity index (χ4n) is 3.29. The molecule has 0 radical (unpaired) electrons. The number of aliphatic hydroxyl groups excluding tert-OH is 1. The van der Waals surface area contributed by atoms with Crippen LogP contribution in [0.5, 0.6) is 0 Å². The molecule has 0 aliphatic carbocycles. The van der Waals surface area contributed by atoms with Crippen LogP contribution >= 0.6 is 0 Å². The Morgan fingerprint density at radius 3 is 1.92 bits per heavy atom. The molecule has 1 rings (SSSR count). The van der Waals surface area contributed by atoms with Gasteiger partial charge in [-0.3, -0.25) is 9.59 Å². The minimum Gasteiger partial charge on any atom is -0.481 e. The van der Waals surface area contributed by atoms with Crippen LogP contribution in [-0.2, 0) is 19.2 Å². The maximum absolute atomic E-state index is 12.1. The Kier molecular flexibility index (Phi) is 5.64. The average molecular weight is 347 g/mol. The van der Waals surface area contributed by atoms with Crippen LogP contribution in [0.1, 0.15) is 53.4 Å². The normalized spacial score (nSPS) is 23.2. The molecule has 0 aromatic rings. The van der Waals surface area contributed by atoms with E-state index in [9.17, 15) is 24.6 Å². The zero-order chi connectivity index (χ0) is 18.9. The second-order valence-corrected chi connectivity index (χ2v) is 7.53. The maximum Gasteiger partial charge on any atom is 0.336 e. The van der Waals surface area contributed by atoms with Gasteiger partial charge in [-0.2, -0.15) is 0 Å². The van der Waals surface area contributed by atoms with Gasteiger partial charge in [-0.05, 0) is 40.5 Å². The smallest absolute Gasteiger partial charge is 0.336 e. The van der Waals surface area contributed by atoms with Gasteiger partial charge >= 0.3 is 17.9 Å². The van der Waals surface area contributed by atoms with E-state index in [0.29, 0.717) is 12.8 Å². The van der Waals surface area contributed by atoms with Gasteiger partial charge in [0.05, 0.1) is 30.0 Å². The summed E-state index contributed by atoms with van der Waals surface area (Å²) >= 11 is 0. The highest BCUT2D eigenvalue weighted by molar-refractivity contribution is 5.88. The van der Waals surface area contributed by atoms with Gasteiger partial charge in [-0.1, -0.05) is 0 Å². The van der Waals surface area contributed by atoms with Gasteiger partial charge < -0.3 is 25.3 Å². The number of rotatable bonds is 6. The first-order valence-electron chi connectivity index (χ1n) is 7.56. The van der Waals surface area contributed by atoms with Crippen LogP contribution in [0, 0.1) is 0 Å². The highest BCUT2D eigenvalue weighted by Gasteiger charge is 2.49. The van der Waals surface area contributed by atoms with E-state index in [2.05, 4.69) is 0 Å². The minimum atomic E-state index is -2.74. The molecule has 24 heavy (non-hydrogen) atoms. The lowest BCUT2D eigenvalue weighted by molar-refractivity contribution is -0.278. The molecule has 1 saturated heterocycles. The van der Waals surface area contributed by atoms with Crippen molar-refractivity contribution in [3.8, 4) is 0 Å². The summed E-state index contributed by atoms with van der Waals surface area (Å²) in [5.74, 6) is -4.41. The van der Waals surface area contributed by atoms with Gasteiger partial charge in [-0.25, -0.2) is 4.79 Å². The molecule has 1 atom stereocenters. The van der Waals surface area contributed by atoms with Crippen molar-refractivity contribution >= 4 is 17.9 Å². The first-order chi connectivity index (χ1) is 10.7. The second kappa shape index (κ2) is 6.66. The molecular weight excluding hydrogens is 322 g/mol. The average Bonchev–Trinajstić information content (AvgIpc) is 2.31. The number of aliphatic carboxylic acids is 2. The van der Waals surface area contributed by atoms with Crippen LogP contribution in [0.15, 0.2) is 0 Å². The van der Waals surface area contributed by atoms with Crippen molar-refractivity contribution in [2.24, 2.45) is 0 Å². The molecule has 1 unspecified atom stereocenters. The largest absolute Gasteiger partial charge is 0.481 e. The van der Waals surface area contributed by atoms with Crippen LogP contribution in [0.25, 0.3) is 0 Å². The van der Waals surface area contributed by atoms with Crippen molar-refractivity contribution in [2.75, 3.05) is 0 Å². The van der Waals surface area contributed by atoms with Crippen molar-refractivity contribution < 1.29 is 39.6 Å². The Bertz CT molecular complexity index is 512. The van der Waals surface area contributed by atoms with E-state index in [1.165, 1.54) is 5.06 Å². The molecule has 9 nitrogen and oxygen atoms in total. The van der Waals surface area contributed by atoms with E-state index in [0.717, 1.165) is 0 Å². The Labute approximate surface area is 139 Å². The van der Waals surface area contributed by atoms with Gasteiger partial charge in [0.1, 0.15) is 0 Å². The molecule has 138 valence electrons. The number of hydrogen-bond donors (Lipinski definition) is 4. The highest BCUT2D eigenvalue weighted by Crippen LogP contribution is 2.39. The van der Waals surface area contributed by atoms with Crippen LogP contribution in [-0.4, -0.2) is 66.2 Å². The Morgan fingerprint density at radius 1 is 1.08 bits per heavy atom. The molecule has 0 aromatic heterocycles. The molecule has 1 fully saturated rings. The third-order valence-corrected chi connectivity index (χ3v) is 4.04. The van der Waals surface area contributed by atoms with Crippen molar-refractivity contribution in [1.82, 2.24) is 5.06 Å². The first-order valence-corrected chi connectivity index (χ1v) is 7.56. The van der Waals surface area contributed by atoms with Gasteiger partial charge in [0.25, 0.3) is 0 Å². The number of carbonyl (C=O) groups excluding carboxylic acids is 1. The van der Waals surface area contributed by atoms with Crippen molar-refractivity contribution in [3.63, 3.8) is 0 Å². The number of nitrogens with zero attached hydrogens (tertiary/aromatic N) is 1. The van der Waals surface area contributed by atoms with Gasteiger partial charge in [-0.15, -0.1) is 5.06 Å². The summed E-state index contributed by atoms with van der Waals surface area (Å²) in [6.45, 7) is 7.02. The fourth-order valence-corrected chi connectivity index (χ4v) is 3.29. The summed E-state index contributed by atoms with van der Waals surface area (Å²) < 4.78 is 0. The van der Waals surface area contributed by atoms with E-state index >= 15 is 0 Å². The molecule has 0 saturated carbocycles. The third-order valence-electron chi connectivity index (χ3n) is 4.04. The lowest BCUT2D eigenvalue weighted by Gasteiger charge is -2.51. The molecular formula is C15H25NO8. The molecule has 4 N–H and O–H groups in total. The summed E-state index contributed by atoms with van der Waals surface area (Å²) in [5.41, 5.74) is -4.18. The number of carboxylic acids is 2. The minimum absolute atomic E-state index is 0.335. The zero-order valence-electron chi connectivity index (χ0n) is 14.3. The van der Waals surface area contributed by atoms with Crippen LogP contribution in [0.3, 0.4) is 0 Å². The van der Waals surface area contributed by atoms with Gasteiger partial charge in [0.2, 0.25) is 0 Å². The number of piperidine rings is 1. The van der Waals surface area contributed by atoms with E-state index < -0.39 is 53.5 Å². The third kappa shape index (κ3) is 4.65. The number of hydroxylamine groups is 2. The Morgan fingerprint density at radius 2 is 1.54 bits per heavy atom. The number of aliphatic hydroxyl groups is 2. The molecule has 0 bridgehead atoms. The van der Waals surface area contributed by atoms with Gasteiger partial charge in [0, 0.05) is 0 Å².